The summed E-state index contributed by atoms with van der Waals surface area (Å²) in [7, 11) is -3.57. The van der Waals surface area contributed by atoms with Crippen LogP contribution >= 0.6 is 27.5 Å². The highest BCUT2D eigenvalue weighted by Gasteiger charge is 2.22. The van der Waals surface area contributed by atoms with Crippen LogP contribution in [0, 0.1) is 0 Å². The van der Waals surface area contributed by atoms with Gasteiger partial charge in [0, 0.05) is 35.2 Å². The van der Waals surface area contributed by atoms with Crippen molar-refractivity contribution in [2.45, 2.75) is 37.4 Å². The van der Waals surface area contributed by atoms with Crippen LogP contribution < -0.4 is 17.0 Å². The normalized spacial score (nSPS) is 17.2. The Morgan fingerprint density at radius 2 is 1.94 bits per heavy atom. The van der Waals surface area contributed by atoms with Crippen molar-refractivity contribution >= 4 is 48.3 Å². The van der Waals surface area contributed by atoms with E-state index in [0.717, 1.165) is 34.1 Å². The van der Waals surface area contributed by atoms with Gasteiger partial charge in [0.2, 0.25) is 0 Å². The lowest BCUT2D eigenvalue weighted by molar-refractivity contribution is 0.326. The second kappa shape index (κ2) is 9.34. The number of hydrogen-bond acceptors (Lipinski definition) is 6. The van der Waals surface area contributed by atoms with Crippen LogP contribution in [0.5, 0.6) is 0 Å². The van der Waals surface area contributed by atoms with Crippen molar-refractivity contribution in [1.29, 1.82) is 0 Å². The molecule has 4 rings (SSSR count). The minimum atomic E-state index is -3.57. The molecule has 2 aromatic carbocycles. The molecular formula is C22H24BrClN4O4S. The average Bonchev–Trinajstić information content (AvgIpc) is 3.17. The van der Waals surface area contributed by atoms with Gasteiger partial charge in [-0.2, -0.15) is 0 Å². The molecule has 0 unspecified atom stereocenters. The van der Waals surface area contributed by atoms with Crippen LogP contribution in [0.15, 0.2) is 49.3 Å². The first-order valence-corrected chi connectivity index (χ1v) is 13.4. The van der Waals surface area contributed by atoms with Gasteiger partial charge in [0.1, 0.15) is 0 Å². The van der Waals surface area contributed by atoms with Crippen molar-refractivity contribution in [2.75, 3.05) is 18.8 Å². The van der Waals surface area contributed by atoms with Gasteiger partial charge in [-0.25, -0.2) is 13.2 Å². The van der Waals surface area contributed by atoms with Gasteiger partial charge in [0.15, 0.2) is 9.84 Å². The number of nitrogens with one attached hydrogen (secondary N) is 1. The van der Waals surface area contributed by atoms with Crippen molar-refractivity contribution in [3.8, 4) is 0 Å². The fraction of sp³-hybridized carbons (Fsp3) is 0.364. The molecule has 0 radical (unpaired) electrons. The van der Waals surface area contributed by atoms with E-state index < -0.39 is 21.1 Å². The minimum absolute atomic E-state index is 0.0566. The first-order chi connectivity index (χ1) is 15.6. The third kappa shape index (κ3) is 4.95. The number of nitrogens with two attached hydrogens (primary N) is 1. The molecule has 1 saturated heterocycles. The van der Waals surface area contributed by atoms with E-state index in [2.05, 4.69) is 25.8 Å². The maximum absolute atomic E-state index is 13.2. The van der Waals surface area contributed by atoms with Crippen LogP contribution in [0.1, 0.15) is 24.5 Å². The van der Waals surface area contributed by atoms with Crippen molar-refractivity contribution in [3.05, 3.63) is 71.8 Å². The van der Waals surface area contributed by atoms with Gasteiger partial charge < -0.3 is 10.7 Å². The molecule has 0 saturated carbocycles. The Balaban J connectivity index is 1.77. The lowest BCUT2D eigenvalue weighted by Crippen LogP contribution is -2.36. The largest absolute Gasteiger partial charge is 0.329 e. The van der Waals surface area contributed by atoms with Crippen molar-refractivity contribution in [2.24, 2.45) is 5.73 Å². The number of rotatable bonds is 6. The predicted molar refractivity (Wildman–Crippen MR) is 133 cm³/mol. The Kier molecular flexibility index (Phi) is 6.84. The summed E-state index contributed by atoms with van der Waals surface area (Å²) in [6.45, 7) is 3.66. The molecule has 0 amide bonds. The van der Waals surface area contributed by atoms with E-state index >= 15 is 0 Å². The zero-order chi connectivity index (χ0) is 23.9. The lowest BCUT2D eigenvalue weighted by Gasteiger charge is -2.17. The fourth-order valence-corrected chi connectivity index (χ4v) is 5.90. The summed E-state index contributed by atoms with van der Waals surface area (Å²) >= 11 is 9.63. The van der Waals surface area contributed by atoms with Gasteiger partial charge in [0.05, 0.1) is 28.1 Å². The molecule has 3 aromatic rings. The van der Waals surface area contributed by atoms with Crippen LogP contribution in [-0.4, -0.2) is 47.8 Å². The quantitative estimate of drug-likeness (QED) is 0.482. The number of fused-ring (bicyclic) bond motifs is 1. The molecule has 1 fully saturated rings. The summed E-state index contributed by atoms with van der Waals surface area (Å²) in [6.07, 6.45) is 0.936. The summed E-state index contributed by atoms with van der Waals surface area (Å²) in [4.78, 5) is 31.1. The van der Waals surface area contributed by atoms with E-state index in [1.54, 1.807) is 12.1 Å². The maximum Gasteiger partial charge on any atom is 0.329 e. The summed E-state index contributed by atoms with van der Waals surface area (Å²) in [5.74, 6) is -0.109. The van der Waals surface area contributed by atoms with Crippen LogP contribution in [-0.2, 0) is 22.9 Å². The van der Waals surface area contributed by atoms with Gasteiger partial charge >= 0.3 is 5.69 Å². The third-order valence-electron chi connectivity index (χ3n) is 5.92. The summed E-state index contributed by atoms with van der Waals surface area (Å²) in [6, 6.07) is 8.00. The molecule has 1 aliphatic heterocycles. The highest BCUT2D eigenvalue weighted by atomic mass is 79.9. The van der Waals surface area contributed by atoms with Crippen molar-refractivity contribution in [1.82, 2.24) is 14.5 Å². The van der Waals surface area contributed by atoms with Gasteiger partial charge in [-0.3, -0.25) is 14.3 Å². The SMILES string of the molecule is CCS(=O)(=O)c1ccc(Cl)cc1Cn1c(=O)[nH]c2cc(CN3CC[C@@H](N)C3)c(Br)cc2c1=O. The Hall–Kier alpha value is -1.98. The van der Waals surface area contributed by atoms with Crippen LogP contribution in [0.2, 0.25) is 5.02 Å². The van der Waals surface area contributed by atoms with E-state index in [1.165, 1.54) is 25.1 Å². The third-order valence-corrected chi connectivity index (χ3v) is 8.72. The van der Waals surface area contributed by atoms with E-state index in [9.17, 15) is 18.0 Å². The van der Waals surface area contributed by atoms with Gasteiger partial charge in [-0.15, -0.1) is 0 Å². The van der Waals surface area contributed by atoms with Gasteiger partial charge in [-0.1, -0.05) is 34.5 Å². The minimum Gasteiger partial charge on any atom is -0.326 e. The van der Waals surface area contributed by atoms with Crippen molar-refractivity contribution in [3.63, 3.8) is 0 Å². The number of nitrogens with zero attached hydrogens (tertiary/aromatic N) is 2. The number of hydrogen-bond donors (Lipinski definition) is 2. The Morgan fingerprint density at radius 1 is 1.18 bits per heavy atom. The molecule has 33 heavy (non-hydrogen) atoms. The van der Waals surface area contributed by atoms with Crippen LogP contribution in [0.4, 0.5) is 0 Å². The molecule has 0 spiro atoms. The molecule has 11 heteroatoms. The molecule has 0 aliphatic carbocycles. The topological polar surface area (TPSA) is 118 Å². The lowest BCUT2D eigenvalue weighted by atomic mass is 10.1. The predicted octanol–water partition coefficient (Wildman–Crippen LogP) is 2.48. The summed E-state index contributed by atoms with van der Waals surface area (Å²) in [5, 5.41) is 0.643. The average molecular weight is 556 g/mol. The Labute approximate surface area is 204 Å². The summed E-state index contributed by atoms with van der Waals surface area (Å²) < 4.78 is 26.8. The molecule has 0 bridgehead atoms. The molecule has 176 valence electrons. The smallest absolute Gasteiger partial charge is 0.326 e. The highest BCUT2D eigenvalue weighted by molar-refractivity contribution is 9.10. The highest BCUT2D eigenvalue weighted by Crippen LogP contribution is 2.25. The zero-order valence-corrected chi connectivity index (χ0v) is 21.1. The van der Waals surface area contributed by atoms with Gasteiger partial charge in [-0.05, 0) is 47.9 Å². The van der Waals surface area contributed by atoms with E-state index in [-0.39, 0.29) is 28.8 Å². The van der Waals surface area contributed by atoms with E-state index in [4.69, 9.17) is 17.3 Å². The number of H-pyrrole nitrogens is 1. The van der Waals surface area contributed by atoms with Crippen molar-refractivity contribution < 1.29 is 8.42 Å². The van der Waals surface area contributed by atoms with E-state index in [0.29, 0.717) is 22.5 Å². The Bertz CT molecular complexity index is 1450. The fourth-order valence-electron chi connectivity index (χ4n) is 4.13. The standard InChI is InChI=1S/C22H24BrClN4O4S/c1-2-33(31,32)20-4-3-15(24)7-14(20)11-28-21(29)17-9-18(23)13(8-19(17)26-22(28)30)10-27-6-5-16(25)12-27/h3-4,7-9,16H,2,5-6,10-12,25H2,1H3,(H,26,30)/t16-/m1/s1. The molecule has 1 aliphatic rings. The number of sulfone groups is 1. The first-order valence-electron chi connectivity index (χ1n) is 10.5. The number of likely N-dealkylation sites (tertiary alicyclic amines) is 1. The van der Waals surface area contributed by atoms with Crippen LogP contribution in [0.3, 0.4) is 0 Å². The number of aromatic amines is 1. The second-order valence-electron chi connectivity index (χ2n) is 8.25. The first kappa shape index (κ1) is 24.2. The molecule has 1 atom stereocenters. The monoisotopic (exact) mass is 554 g/mol. The molecule has 2 heterocycles. The summed E-state index contributed by atoms with van der Waals surface area (Å²) in [5.41, 5.74) is 6.52. The maximum atomic E-state index is 13.2. The number of aromatic nitrogens is 2. The second-order valence-corrected chi connectivity index (χ2v) is 11.8. The number of benzene rings is 2. The van der Waals surface area contributed by atoms with Gasteiger partial charge in [0.25, 0.3) is 5.56 Å². The molecule has 3 N–H and O–H groups in total. The molecule has 8 nitrogen and oxygen atoms in total. The zero-order valence-electron chi connectivity index (χ0n) is 18.0. The van der Waals surface area contributed by atoms with Crippen LogP contribution in [0.25, 0.3) is 10.9 Å². The molecule has 1 aromatic heterocycles. The van der Waals surface area contributed by atoms with E-state index in [1.807, 2.05) is 0 Å². The molecular weight excluding hydrogens is 532 g/mol. The Morgan fingerprint density at radius 3 is 2.61 bits per heavy atom. The number of halogens is 2.